The Labute approximate surface area is 187 Å². The van der Waals surface area contributed by atoms with E-state index in [2.05, 4.69) is 15.5 Å². The van der Waals surface area contributed by atoms with E-state index >= 15 is 0 Å². The molecule has 0 bridgehead atoms. The fourth-order valence-electron chi connectivity index (χ4n) is 4.01. The van der Waals surface area contributed by atoms with E-state index in [0.717, 1.165) is 31.4 Å². The Morgan fingerprint density at radius 3 is 2.35 bits per heavy atom. The summed E-state index contributed by atoms with van der Waals surface area (Å²) in [6, 6.07) is 7.38. The molecule has 1 heterocycles. The molecule has 1 fully saturated rings. The quantitative estimate of drug-likeness (QED) is 0.619. The van der Waals surface area contributed by atoms with Gasteiger partial charge in [0.05, 0.1) is 12.1 Å². The van der Waals surface area contributed by atoms with Gasteiger partial charge in [-0.25, -0.2) is 0 Å². The zero-order chi connectivity index (χ0) is 23.2. The lowest BCUT2D eigenvalue weighted by Crippen LogP contribution is -2.55. The number of rotatable bonds is 7. The van der Waals surface area contributed by atoms with Crippen molar-refractivity contribution in [2.24, 2.45) is 0 Å². The van der Waals surface area contributed by atoms with Crippen LogP contribution in [0.4, 0.5) is 0 Å². The first-order valence-corrected chi connectivity index (χ1v) is 11.5. The van der Waals surface area contributed by atoms with Crippen molar-refractivity contribution in [2.45, 2.75) is 96.9 Å². The number of β-amino-alcohol motifs (C(OH)–C–C–N with tert-alkyl or cyclic N) is 1. The van der Waals surface area contributed by atoms with E-state index in [0.29, 0.717) is 24.9 Å². The fraction of sp³-hybridized carbons (Fsp3) is 0.680. The van der Waals surface area contributed by atoms with Gasteiger partial charge in [0, 0.05) is 23.2 Å². The molecule has 1 aromatic rings. The van der Waals surface area contributed by atoms with Gasteiger partial charge in [0.1, 0.15) is 0 Å². The molecular formula is C25H41N3O3. The third kappa shape index (κ3) is 8.62. The Morgan fingerprint density at radius 1 is 1.06 bits per heavy atom. The van der Waals surface area contributed by atoms with Gasteiger partial charge in [-0.15, -0.1) is 0 Å². The molecule has 0 aliphatic carbocycles. The van der Waals surface area contributed by atoms with Gasteiger partial charge in [0.25, 0.3) is 5.91 Å². The Hall–Kier alpha value is -1.92. The van der Waals surface area contributed by atoms with E-state index in [1.54, 1.807) is 0 Å². The molecule has 174 valence electrons. The molecule has 2 rings (SSSR count). The zero-order valence-electron chi connectivity index (χ0n) is 20.1. The molecule has 1 saturated heterocycles. The lowest BCUT2D eigenvalue weighted by Gasteiger charge is -2.37. The van der Waals surface area contributed by atoms with Crippen LogP contribution >= 0.6 is 0 Å². The van der Waals surface area contributed by atoms with Crippen molar-refractivity contribution in [3.05, 3.63) is 35.4 Å². The van der Waals surface area contributed by atoms with Crippen molar-refractivity contribution in [2.75, 3.05) is 13.1 Å². The van der Waals surface area contributed by atoms with Gasteiger partial charge in [-0.2, -0.15) is 0 Å². The maximum absolute atomic E-state index is 12.7. The number of benzene rings is 1. The topological polar surface area (TPSA) is 81.7 Å². The smallest absolute Gasteiger partial charge is 0.251 e. The minimum Gasteiger partial charge on any atom is -0.392 e. The molecule has 6 nitrogen and oxygen atoms in total. The number of hydrogen-bond donors (Lipinski definition) is 3. The molecule has 2 atom stereocenters. The van der Waals surface area contributed by atoms with Crippen LogP contribution in [0.1, 0.15) is 83.1 Å². The molecule has 2 amide bonds. The van der Waals surface area contributed by atoms with E-state index in [4.69, 9.17) is 0 Å². The second-order valence-electron chi connectivity index (χ2n) is 10.8. The lowest BCUT2D eigenvalue weighted by molar-refractivity contribution is -0.129. The maximum Gasteiger partial charge on any atom is 0.251 e. The van der Waals surface area contributed by atoms with E-state index in [1.807, 2.05) is 65.8 Å². The fourth-order valence-corrected chi connectivity index (χ4v) is 4.01. The van der Waals surface area contributed by atoms with Crippen LogP contribution in [0, 0.1) is 0 Å². The van der Waals surface area contributed by atoms with Crippen LogP contribution in [0.15, 0.2) is 24.3 Å². The summed E-state index contributed by atoms with van der Waals surface area (Å²) in [5.41, 5.74) is 1.02. The summed E-state index contributed by atoms with van der Waals surface area (Å²) >= 11 is 0. The number of nitrogens with zero attached hydrogens (tertiary/aromatic N) is 1. The number of aliphatic hydroxyl groups excluding tert-OH is 1. The SMILES string of the molecule is CC(C)(C)NC(=O)c1ccccc1CC[C@H](O)CN1CCCCC1C(=O)NC(C)(C)C. The van der Waals surface area contributed by atoms with Crippen LogP contribution in [-0.4, -0.2) is 58.1 Å². The third-order valence-corrected chi connectivity index (χ3v) is 5.36. The number of piperidine rings is 1. The van der Waals surface area contributed by atoms with Gasteiger partial charge in [-0.3, -0.25) is 14.5 Å². The average molecular weight is 432 g/mol. The Bertz CT molecular complexity index is 749. The normalized spacial score (nSPS) is 19.0. The van der Waals surface area contributed by atoms with Crippen LogP contribution in [0.25, 0.3) is 0 Å². The summed E-state index contributed by atoms with van der Waals surface area (Å²) in [6.45, 7) is 13.1. The van der Waals surface area contributed by atoms with Crippen molar-refractivity contribution in [3.63, 3.8) is 0 Å². The number of nitrogens with one attached hydrogen (secondary N) is 2. The molecule has 1 unspecified atom stereocenters. The van der Waals surface area contributed by atoms with Gasteiger partial charge in [-0.05, 0) is 85.4 Å². The van der Waals surface area contributed by atoms with Crippen LogP contribution in [-0.2, 0) is 11.2 Å². The second kappa shape index (κ2) is 10.6. The first-order valence-electron chi connectivity index (χ1n) is 11.5. The van der Waals surface area contributed by atoms with Gasteiger partial charge in [0.2, 0.25) is 5.91 Å². The molecule has 0 saturated carbocycles. The number of amides is 2. The van der Waals surface area contributed by atoms with Gasteiger partial charge in [0.15, 0.2) is 0 Å². The predicted molar refractivity (Wildman–Crippen MR) is 125 cm³/mol. The highest BCUT2D eigenvalue weighted by Gasteiger charge is 2.31. The Kier molecular flexibility index (Phi) is 8.66. The average Bonchev–Trinajstić information content (AvgIpc) is 2.64. The number of likely N-dealkylation sites (tertiary alicyclic amines) is 1. The van der Waals surface area contributed by atoms with Crippen molar-refractivity contribution >= 4 is 11.8 Å². The molecule has 31 heavy (non-hydrogen) atoms. The van der Waals surface area contributed by atoms with E-state index in [1.165, 1.54) is 0 Å². The van der Waals surface area contributed by atoms with Crippen molar-refractivity contribution < 1.29 is 14.7 Å². The van der Waals surface area contributed by atoms with Gasteiger partial charge >= 0.3 is 0 Å². The highest BCUT2D eigenvalue weighted by atomic mass is 16.3. The molecule has 0 aromatic heterocycles. The van der Waals surface area contributed by atoms with Crippen LogP contribution in [0.2, 0.25) is 0 Å². The molecular weight excluding hydrogens is 390 g/mol. The summed E-state index contributed by atoms with van der Waals surface area (Å²) in [6.07, 6.45) is 3.50. The second-order valence-corrected chi connectivity index (χ2v) is 10.8. The molecule has 3 N–H and O–H groups in total. The molecule has 1 aliphatic heterocycles. The summed E-state index contributed by atoms with van der Waals surface area (Å²) in [5.74, 6) is -0.0452. The predicted octanol–water partition coefficient (Wildman–Crippen LogP) is 3.28. The standard InChI is InChI=1S/C25H41N3O3/c1-24(2,3)26-22(30)20-12-8-7-11-18(20)14-15-19(29)17-28-16-10-9-13-21(28)23(31)27-25(4,5)6/h7-8,11-12,19,21,29H,9-10,13-17H2,1-6H3,(H,26,30)(H,27,31)/t19-,21?/m0/s1. The summed E-state index contributed by atoms with van der Waals surface area (Å²) < 4.78 is 0. The van der Waals surface area contributed by atoms with Crippen LogP contribution in [0.3, 0.4) is 0 Å². The zero-order valence-corrected chi connectivity index (χ0v) is 20.1. The number of carbonyl (C=O) groups is 2. The Balaban J connectivity index is 1.97. The lowest BCUT2D eigenvalue weighted by atomic mass is 9.97. The van der Waals surface area contributed by atoms with Crippen LogP contribution < -0.4 is 10.6 Å². The minimum atomic E-state index is -0.554. The summed E-state index contributed by atoms with van der Waals surface area (Å²) in [5, 5.41) is 16.8. The number of aryl methyl sites for hydroxylation is 1. The van der Waals surface area contributed by atoms with E-state index in [-0.39, 0.29) is 28.9 Å². The van der Waals surface area contributed by atoms with Crippen LogP contribution in [0.5, 0.6) is 0 Å². The number of hydrogen-bond acceptors (Lipinski definition) is 4. The number of aliphatic hydroxyl groups is 1. The summed E-state index contributed by atoms with van der Waals surface area (Å²) in [7, 11) is 0. The first kappa shape index (κ1) is 25.3. The molecule has 0 radical (unpaired) electrons. The molecule has 1 aromatic carbocycles. The number of carbonyl (C=O) groups excluding carboxylic acids is 2. The first-order chi connectivity index (χ1) is 14.4. The third-order valence-electron chi connectivity index (χ3n) is 5.36. The molecule has 6 heteroatoms. The highest BCUT2D eigenvalue weighted by molar-refractivity contribution is 5.96. The summed E-state index contributed by atoms with van der Waals surface area (Å²) in [4.78, 5) is 27.5. The highest BCUT2D eigenvalue weighted by Crippen LogP contribution is 2.20. The minimum absolute atomic E-state index is 0.0450. The van der Waals surface area contributed by atoms with E-state index in [9.17, 15) is 14.7 Å². The molecule has 1 aliphatic rings. The van der Waals surface area contributed by atoms with E-state index < -0.39 is 6.10 Å². The maximum atomic E-state index is 12.7. The van der Waals surface area contributed by atoms with Crippen molar-refractivity contribution in [1.82, 2.24) is 15.5 Å². The Morgan fingerprint density at radius 2 is 1.71 bits per heavy atom. The van der Waals surface area contributed by atoms with Gasteiger partial charge < -0.3 is 15.7 Å². The largest absolute Gasteiger partial charge is 0.392 e. The van der Waals surface area contributed by atoms with Gasteiger partial charge in [-0.1, -0.05) is 24.6 Å². The van der Waals surface area contributed by atoms with Crippen molar-refractivity contribution in [1.29, 1.82) is 0 Å². The molecule has 0 spiro atoms. The van der Waals surface area contributed by atoms with Crippen molar-refractivity contribution in [3.8, 4) is 0 Å². The monoisotopic (exact) mass is 431 g/mol.